The Balaban J connectivity index is 1.67. The van der Waals surface area contributed by atoms with Crippen molar-refractivity contribution < 1.29 is 35.9 Å². The lowest BCUT2D eigenvalue weighted by atomic mass is 9.81. The zero-order chi connectivity index (χ0) is 26.0. The van der Waals surface area contributed by atoms with Crippen LogP contribution in [0.5, 0.6) is 0 Å². The highest BCUT2D eigenvalue weighted by Crippen LogP contribution is 2.38. The molecule has 1 saturated carbocycles. The molecular weight excluding hydrogens is 482 g/mol. The maximum atomic E-state index is 13.0. The van der Waals surface area contributed by atoms with Crippen molar-refractivity contribution in [2.24, 2.45) is 16.8 Å². The molecule has 1 heterocycles. The second kappa shape index (κ2) is 10.1. The van der Waals surface area contributed by atoms with Gasteiger partial charge < -0.3 is 16.0 Å². The molecule has 1 aliphatic carbocycles. The van der Waals surface area contributed by atoms with Crippen molar-refractivity contribution in [3.8, 4) is 0 Å². The predicted octanol–water partition coefficient (Wildman–Crippen LogP) is 4.70. The van der Waals surface area contributed by atoms with Gasteiger partial charge >= 0.3 is 12.4 Å². The normalized spacial score (nSPS) is 23.0. The number of nitrogens with two attached hydrogens (primary N) is 1. The minimum Gasteiger partial charge on any atom is -0.342 e. The van der Waals surface area contributed by atoms with E-state index in [0.29, 0.717) is 18.6 Å². The molecule has 2 amide bonds. The SMILES string of the molecule is NC1CCCCC1C(=O)N1CCC(CC(=O)Nc2cc(C(F)(F)F)cc(C(F)(F)F)c2)(N=O)CC1. The van der Waals surface area contributed by atoms with Crippen molar-refractivity contribution in [3.63, 3.8) is 0 Å². The van der Waals surface area contributed by atoms with Crippen LogP contribution in [0.2, 0.25) is 0 Å². The van der Waals surface area contributed by atoms with Crippen LogP contribution in [0.25, 0.3) is 0 Å². The summed E-state index contributed by atoms with van der Waals surface area (Å²) in [6.45, 7) is 0.283. The van der Waals surface area contributed by atoms with Gasteiger partial charge in [0.05, 0.1) is 23.5 Å². The van der Waals surface area contributed by atoms with Gasteiger partial charge in [0.1, 0.15) is 5.54 Å². The monoisotopic (exact) mass is 508 g/mol. The number of anilines is 1. The summed E-state index contributed by atoms with van der Waals surface area (Å²) in [5.74, 6) is -1.39. The van der Waals surface area contributed by atoms with E-state index in [4.69, 9.17) is 5.73 Å². The fourth-order valence-corrected chi connectivity index (χ4v) is 4.68. The lowest BCUT2D eigenvalue weighted by Crippen LogP contribution is -2.51. The molecule has 2 unspecified atom stereocenters. The highest BCUT2D eigenvalue weighted by molar-refractivity contribution is 5.92. The molecule has 0 bridgehead atoms. The third kappa shape index (κ3) is 6.50. The topological polar surface area (TPSA) is 105 Å². The molecule has 194 valence electrons. The number of benzene rings is 1. The van der Waals surface area contributed by atoms with Gasteiger partial charge in [0, 0.05) is 24.8 Å². The fraction of sp³-hybridized carbons (Fsp3) is 0.636. The van der Waals surface area contributed by atoms with Gasteiger partial charge in [-0.3, -0.25) is 9.59 Å². The van der Waals surface area contributed by atoms with Crippen LogP contribution in [0.15, 0.2) is 23.4 Å². The zero-order valence-electron chi connectivity index (χ0n) is 18.7. The lowest BCUT2D eigenvalue weighted by molar-refractivity contribution is -0.143. The van der Waals surface area contributed by atoms with Gasteiger partial charge in [-0.25, -0.2) is 0 Å². The first-order chi connectivity index (χ1) is 16.2. The number of nitroso groups, excluding NO2 is 1. The van der Waals surface area contributed by atoms with Crippen LogP contribution in [-0.4, -0.2) is 41.4 Å². The standard InChI is InChI=1S/C22H26F6N4O3/c23-21(24,25)13-9-14(22(26,27)28)11-15(10-13)30-18(33)12-20(31-35)5-7-32(8-6-20)19(34)16-3-1-2-4-17(16)29/h9-11,16-17H,1-8,12,29H2,(H,30,33). The van der Waals surface area contributed by atoms with Crippen LogP contribution in [0.4, 0.5) is 32.0 Å². The molecule has 35 heavy (non-hydrogen) atoms. The van der Waals surface area contributed by atoms with E-state index in [1.165, 1.54) is 0 Å². The molecule has 3 N–H and O–H groups in total. The number of nitrogens with zero attached hydrogens (tertiary/aromatic N) is 2. The molecule has 1 saturated heterocycles. The van der Waals surface area contributed by atoms with E-state index in [1.54, 1.807) is 4.90 Å². The highest BCUT2D eigenvalue weighted by Gasteiger charge is 2.42. The van der Waals surface area contributed by atoms with E-state index in [0.717, 1.165) is 19.3 Å². The predicted molar refractivity (Wildman–Crippen MR) is 114 cm³/mol. The molecule has 2 atom stereocenters. The summed E-state index contributed by atoms with van der Waals surface area (Å²) in [4.78, 5) is 38.5. The molecule has 7 nitrogen and oxygen atoms in total. The first-order valence-corrected chi connectivity index (χ1v) is 11.2. The van der Waals surface area contributed by atoms with Crippen LogP contribution >= 0.6 is 0 Å². The molecule has 2 aliphatic rings. The molecule has 3 rings (SSSR count). The van der Waals surface area contributed by atoms with Gasteiger partial charge in [0.25, 0.3) is 0 Å². The average Bonchev–Trinajstić information content (AvgIpc) is 2.78. The summed E-state index contributed by atoms with van der Waals surface area (Å²) < 4.78 is 78.3. The molecule has 1 aromatic rings. The third-order valence-electron chi connectivity index (χ3n) is 6.70. The summed E-state index contributed by atoms with van der Waals surface area (Å²) in [5, 5.41) is 5.09. The van der Waals surface area contributed by atoms with Gasteiger partial charge in [-0.05, 0) is 43.9 Å². The molecular formula is C22H26F6N4O3. The number of nitrogens with one attached hydrogen (secondary N) is 1. The molecule has 0 radical (unpaired) electrons. The summed E-state index contributed by atoms with van der Waals surface area (Å²) >= 11 is 0. The Hall–Kier alpha value is -2.70. The molecule has 2 fully saturated rings. The molecule has 0 aromatic heterocycles. The van der Waals surface area contributed by atoms with E-state index >= 15 is 0 Å². The number of likely N-dealkylation sites (tertiary alicyclic amines) is 1. The van der Waals surface area contributed by atoms with Gasteiger partial charge in [-0.15, -0.1) is 0 Å². The number of alkyl halides is 6. The molecule has 0 spiro atoms. The van der Waals surface area contributed by atoms with Crippen LogP contribution in [0.3, 0.4) is 0 Å². The molecule has 1 aromatic carbocycles. The van der Waals surface area contributed by atoms with Crippen molar-refractivity contribution >= 4 is 17.5 Å². The van der Waals surface area contributed by atoms with Gasteiger partial charge in [-0.1, -0.05) is 18.0 Å². The van der Waals surface area contributed by atoms with Crippen molar-refractivity contribution in [1.82, 2.24) is 4.90 Å². The number of amides is 2. The van der Waals surface area contributed by atoms with Crippen LogP contribution in [-0.2, 0) is 21.9 Å². The largest absolute Gasteiger partial charge is 0.416 e. The van der Waals surface area contributed by atoms with Gasteiger partial charge in [0.15, 0.2) is 0 Å². The van der Waals surface area contributed by atoms with E-state index in [2.05, 4.69) is 5.18 Å². The number of carbonyl (C=O) groups is 2. The Labute approximate surface area is 197 Å². The highest BCUT2D eigenvalue weighted by atomic mass is 19.4. The second-order valence-corrected chi connectivity index (χ2v) is 9.22. The minimum atomic E-state index is -5.06. The second-order valence-electron chi connectivity index (χ2n) is 9.22. The Morgan fingerprint density at radius 1 is 1.00 bits per heavy atom. The van der Waals surface area contributed by atoms with Crippen molar-refractivity contribution in [2.75, 3.05) is 18.4 Å². The maximum Gasteiger partial charge on any atom is 0.416 e. The van der Waals surface area contributed by atoms with E-state index < -0.39 is 47.0 Å². The number of carbonyl (C=O) groups excluding carboxylic acids is 2. The number of rotatable bonds is 5. The first kappa shape index (κ1) is 26.9. The number of hydrogen-bond donors (Lipinski definition) is 2. The van der Waals surface area contributed by atoms with Crippen LogP contribution in [0.1, 0.15) is 56.1 Å². The van der Waals surface area contributed by atoms with Gasteiger partial charge in [0.2, 0.25) is 11.8 Å². The number of piperidine rings is 1. The zero-order valence-corrected chi connectivity index (χ0v) is 18.7. The third-order valence-corrected chi connectivity index (χ3v) is 6.70. The van der Waals surface area contributed by atoms with Gasteiger partial charge in [-0.2, -0.15) is 31.2 Å². The molecule has 13 heteroatoms. The first-order valence-electron chi connectivity index (χ1n) is 11.2. The lowest BCUT2D eigenvalue weighted by Gasteiger charge is -2.39. The summed E-state index contributed by atoms with van der Waals surface area (Å²) in [7, 11) is 0. The van der Waals surface area contributed by atoms with E-state index in [-0.39, 0.29) is 49.9 Å². The fourth-order valence-electron chi connectivity index (χ4n) is 4.68. The summed E-state index contributed by atoms with van der Waals surface area (Å²) in [5.41, 5.74) is 0.805. The minimum absolute atomic E-state index is 0.0357. The molecule has 1 aliphatic heterocycles. The summed E-state index contributed by atoms with van der Waals surface area (Å²) in [6.07, 6.45) is -7.33. The Kier molecular flexibility index (Phi) is 7.77. The van der Waals surface area contributed by atoms with Crippen molar-refractivity contribution in [1.29, 1.82) is 0 Å². The smallest absolute Gasteiger partial charge is 0.342 e. The number of halogens is 6. The van der Waals surface area contributed by atoms with E-state index in [9.17, 15) is 40.8 Å². The summed E-state index contributed by atoms with van der Waals surface area (Å²) in [6, 6.07) is 0.493. The quantitative estimate of drug-likeness (QED) is 0.445. The Bertz CT molecular complexity index is 925. The maximum absolute atomic E-state index is 13.0. The van der Waals surface area contributed by atoms with Crippen LogP contribution in [0, 0.1) is 10.8 Å². The Morgan fingerprint density at radius 2 is 1.54 bits per heavy atom. The average molecular weight is 508 g/mol. The Morgan fingerprint density at radius 3 is 2.03 bits per heavy atom. The van der Waals surface area contributed by atoms with E-state index in [1.807, 2.05) is 5.32 Å². The van der Waals surface area contributed by atoms with Crippen LogP contribution < -0.4 is 11.1 Å². The van der Waals surface area contributed by atoms with Crippen molar-refractivity contribution in [2.45, 2.75) is 68.9 Å². The van der Waals surface area contributed by atoms with Crippen molar-refractivity contribution in [3.05, 3.63) is 34.2 Å². The number of hydrogen-bond acceptors (Lipinski definition) is 5.